The lowest BCUT2D eigenvalue weighted by atomic mass is 10.2. The predicted molar refractivity (Wildman–Crippen MR) is 59.5 cm³/mol. The largest absolute Gasteiger partial charge is 0.460 e. The first kappa shape index (κ1) is 13.8. The predicted octanol–water partition coefficient (Wildman–Crippen LogP) is 1.83. The van der Waals surface area contributed by atoms with Gasteiger partial charge in [0.15, 0.2) is 0 Å². The average molecular weight is 220 g/mol. The topological polar surface area (TPSA) is 46.5 Å². The van der Waals surface area contributed by atoms with E-state index in [4.69, 9.17) is 9.84 Å². The van der Waals surface area contributed by atoms with Crippen LogP contribution in [0.5, 0.6) is 0 Å². The first-order chi connectivity index (χ1) is 6.45. The summed E-state index contributed by atoms with van der Waals surface area (Å²) >= 11 is 1.66. The maximum atomic E-state index is 11.2. The van der Waals surface area contributed by atoms with Crippen molar-refractivity contribution in [3.8, 4) is 0 Å². The second-order valence-electron chi connectivity index (χ2n) is 4.03. The minimum absolute atomic E-state index is 0.137. The van der Waals surface area contributed by atoms with Gasteiger partial charge >= 0.3 is 5.97 Å². The van der Waals surface area contributed by atoms with Crippen LogP contribution in [0.3, 0.4) is 0 Å². The summed E-state index contributed by atoms with van der Waals surface area (Å²) in [7, 11) is 0. The summed E-state index contributed by atoms with van der Waals surface area (Å²) in [6.45, 7) is 5.80. The summed E-state index contributed by atoms with van der Waals surface area (Å²) in [6.07, 6.45) is 1.29. The Kier molecular flexibility index (Phi) is 7.01. The van der Waals surface area contributed by atoms with Gasteiger partial charge in [0, 0.05) is 12.2 Å². The molecule has 0 aliphatic heterocycles. The molecule has 0 aromatic carbocycles. The van der Waals surface area contributed by atoms with Gasteiger partial charge in [0.1, 0.15) is 5.60 Å². The number of carbonyl (C=O) groups is 1. The van der Waals surface area contributed by atoms with E-state index >= 15 is 0 Å². The van der Waals surface area contributed by atoms with E-state index in [1.165, 1.54) is 0 Å². The third kappa shape index (κ3) is 9.86. The summed E-state index contributed by atoms with van der Waals surface area (Å²) in [6, 6.07) is 0. The molecule has 0 heterocycles. The lowest BCUT2D eigenvalue weighted by molar-refractivity contribution is -0.154. The summed E-state index contributed by atoms with van der Waals surface area (Å²) in [4.78, 5) is 11.2. The van der Waals surface area contributed by atoms with Crippen molar-refractivity contribution in [2.24, 2.45) is 0 Å². The Balaban J connectivity index is 3.36. The average Bonchev–Trinajstić information content (AvgIpc) is 2.00. The number of rotatable bonds is 6. The van der Waals surface area contributed by atoms with Crippen LogP contribution in [0.4, 0.5) is 0 Å². The van der Waals surface area contributed by atoms with Crippen LogP contribution in [0.1, 0.15) is 33.6 Å². The fourth-order valence-electron chi connectivity index (χ4n) is 0.878. The first-order valence-electron chi connectivity index (χ1n) is 4.86. The molecule has 0 amide bonds. The van der Waals surface area contributed by atoms with E-state index in [0.29, 0.717) is 6.42 Å². The highest BCUT2D eigenvalue weighted by Crippen LogP contribution is 2.10. The molecule has 0 saturated heterocycles. The van der Waals surface area contributed by atoms with E-state index in [9.17, 15) is 4.79 Å². The lowest BCUT2D eigenvalue weighted by Gasteiger charge is -2.19. The van der Waals surface area contributed by atoms with Gasteiger partial charge in [-0.3, -0.25) is 4.79 Å². The zero-order valence-electron chi connectivity index (χ0n) is 9.21. The van der Waals surface area contributed by atoms with Crippen molar-refractivity contribution in [3.63, 3.8) is 0 Å². The standard InChI is InChI=1S/C10H20O3S/c1-10(2,3)13-9(12)5-4-7-14-8-6-11/h11H,4-8H2,1-3H3. The second-order valence-corrected chi connectivity index (χ2v) is 5.25. The van der Waals surface area contributed by atoms with Crippen LogP contribution in [0.15, 0.2) is 0 Å². The molecule has 14 heavy (non-hydrogen) atoms. The monoisotopic (exact) mass is 220 g/mol. The molecule has 0 atom stereocenters. The van der Waals surface area contributed by atoms with Gasteiger partial charge in [0.2, 0.25) is 0 Å². The molecule has 0 aliphatic carbocycles. The van der Waals surface area contributed by atoms with Crippen molar-refractivity contribution >= 4 is 17.7 Å². The number of aliphatic hydroxyl groups is 1. The van der Waals surface area contributed by atoms with Crippen molar-refractivity contribution < 1.29 is 14.6 Å². The third-order valence-corrected chi connectivity index (χ3v) is 2.37. The van der Waals surface area contributed by atoms with Crippen LogP contribution in [-0.4, -0.2) is 34.8 Å². The Morgan fingerprint density at radius 1 is 1.36 bits per heavy atom. The molecule has 0 radical (unpaired) electrons. The Morgan fingerprint density at radius 2 is 2.00 bits per heavy atom. The van der Waals surface area contributed by atoms with E-state index in [0.717, 1.165) is 17.9 Å². The number of hydrogen-bond acceptors (Lipinski definition) is 4. The van der Waals surface area contributed by atoms with Gasteiger partial charge < -0.3 is 9.84 Å². The number of aliphatic hydroxyl groups excluding tert-OH is 1. The van der Waals surface area contributed by atoms with Crippen LogP contribution >= 0.6 is 11.8 Å². The molecule has 0 saturated carbocycles. The summed E-state index contributed by atoms with van der Waals surface area (Å²) in [5.41, 5.74) is -0.380. The van der Waals surface area contributed by atoms with Crippen molar-refractivity contribution in [1.29, 1.82) is 0 Å². The van der Waals surface area contributed by atoms with Crippen molar-refractivity contribution in [2.45, 2.75) is 39.2 Å². The Labute approximate surface area is 90.2 Å². The molecule has 0 rings (SSSR count). The summed E-state index contributed by atoms with van der Waals surface area (Å²) in [5, 5.41) is 8.52. The molecular formula is C10H20O3S. The van der Waals surface area contributed by atoms with Crippen LogP contribution in [0, 0.1) is 0 Å². The van der Waals surface area contributed by atoms with Gasteiger partial charge in [-0.05, 0) is 32.9 Å². The SMILES string of the molecule is CC(C)(C)OC(=O)CCCSCCO. The highest BCUT2D eigenvalue weighted by atomic mass is 32.2. The van der Waals surface area contributed by atoms with Gasteiger partial charge in [0.05, 0.1) is 6.61 Å². The van der Waals surface area contributed by atoms with Crippen LogP contribution in [0.25, 0.3) is 0 Å². The number of esters is 1. The molecule has 3 nitrogen and oxygen atoms in total. The van der Waals surface area contributed by atoms with Crippen molar-refractivity contribution in [1.82, 2.24) is 0 Å². The van der Waals surface area contributed by atoms with Gasteiger partial charge in [-0.15, -0.1) is 0 Å². The minimum atomic E-state index is -0.380. The molecule has 0 spiro atoms. The van der Waals surface area contributed by atoms with Gasteiger partial charge in [-0.2, -0.15) is 11.8 Å². The number of hydrogen-bond donors (Lipinski definition) is 1. The van der Waals surface area contributed by atoms with Crippen LogP contribution < -0.4 is 0 Å². The van der Waals surface area contributed by atoms with E-state index in [1.54, 1.807) is 11.8 Å². The first-order valence-corrected chi connectivity index (χ1v) is 6.01. The molecule has 0 aromatic heterocycles. The summed E-state index contributed by atoms with van der Waals surface area (Å²) < 4.78 is 5.15. The minimum Gasteiger partial charge on any atom is -0.460 e. The summed E-state index contributed by atoms with van der Waals surface area (Å²) in [5.74, 6) is 1.51. The Hall–Kier alpha value is -0.220. The van der Waals surface area contributed by atoms with Gasteiger partial charge in [0.25, 0.3) is 0 Å². The fourth-order valence-corrected chi connectivity index (χ4v) is 1.56. The smallest absolute Gasteiger partial charge is 0.306 e. The van der Waals surface area contributed by atoms with Crippen molar-refractivity contribution in [3.05, 3.63) is 0 Å². The highest BCUT2D eigenvalue weighted by Gasteiger charge is 2.15. The second kappa shape index (κ2) is 7.12. The maximum absolute atomic E-state index is 11.2. The molecule has 84 valence electrons. The molecule has 4 heteroatoms. The quantitative estimate of drug-likeness (QED) is 0.548. The fraction of sp³-hybridized carbons (Fsp3) is 0.900. The molecule has 0 aromatic rings. The van der Waals surface area contributed by atoms with Crippen molar-refractivity contribution in [2.75, 3.05) is 18.1 Å². The number of thioether (sulfide) groups is 1. The number of ether oxygens (including phenoxy) is 1. The lowest BCUT2D eigenvalue weighted by Crippen LogP contribution is -2.23. The van der Waals surface area contributed by atoms with Crippen LogP contribution in [0.2, 0.25) is 0 Å². The zero-order valence-corrected chi connectivity index (χ0v) is 10.0. The maximum Gasteiger partial charge on any atom is 0.306 e. The van der Waals surface area contributed by atoms with Gasteiger partial charge in [-0.1, -0.05) is 0 Å². The third-order valence-electron chi connectivity index (χ3n) is 1.33. The molecule has 0 bridgehead atoms. The molecular weight excluding hydrogens is 200 g/mol. The highest BCUT2D eigenvalue weighted by molar-refractivity contribution is 7.99. The normalized spacial score (nSPS) is 11.4. The van der Waals surface area contributed by atoms with Gasteiger partial charge in [-0.25, -0.2) is 0 Å². The Bertz CT molecular complexity index is 163. The molecule has 0 unspecified atom stereocenters. The van der Waals surface area contributed by atoms with E-state index in [2.05, 4.69) is 0 Å². The van der Waals surface area contributed by atoms with E-state index in [1.807, 2.05) is 20.8 Å². The van der Waals surface area contributed by atoms with E-state index in [-0.39, 0.29) is 18.2 Å². The number of carbonyl (C=O) groups excluding carboxylic acids is 1. The van der Waals surface area contributed by atoms with Crippen LogP contribution in [-0.2, 0) is 9.53 Å². The molecule has 0 fully saturated rings. The van der Waals surface area contributed by atoms with E-state index < -0.39 is 0 Å². The zero-order chi connectivity index (χ0) is 11.0. The molecule has 0 aliphatic rings. The molecule has 1 N–H and O–H groups in total. The Morgan fingerprint density at radius 3 is 2.50 bits per heavy atom.